The highest BCUT2D eigenvalue weighted by molar-refractivity contribution is 5.78. The number of aliphatic carboxylic acids is 1. The first kappa shape index (κ1) is 14.4. The molecule has 2 unspecified atom stereocenters. The Morgan fingerprint density at radius 3 is 2.88 bits per heavy atom. The second kappa shape index (κ2) is 6.33. The Morgan fingerprint density at radius 2 is 2.35 bits per heavy atom. The minimum atomic E-state index is -0.902. The van der Waals surface area contributed by atoms with E-state index in [4.69, 9.17) is 4.74 Å². The number of carbonyl (C=O) groups is 1. The predicted octanol–water partition coefficient (Wildman–Crippen LogP) is 0.408. The van der Waals surface area contributed by atoms with Crippen LogP contribution in [0.4, 0.5) is 0 Å². The minimum absolute atomic E-state index is 0.231. The van der Waals surface area contributed by atoms with Gasteiger partial charge in [-0.1, -0.05) is 0 Å². The van der Waals surface area contributed by atoms with Crippen molar-refractivity contribution in [3.05, 3.63) is 0 Å². The van der Waals surface area contributed by atoms with Crippen molar-refractivity contribution in [2.24, 2.45) is 5.92 Å². The van der Waals surface area contributed by atoms with Crippen LogP contribution in [0.2, 0.25) is 0 Å². The van der Waals surface area contributed by atoms with Crippen LogP contribution in [0.1, 0.15) is 19.8 Å². The molecule has 0 spiro atoms. The summed E-state index contributed by atoms with van der Waals surface area (Å²) in [7, 11) is 3.49. The van der Waals surface area contributed by atoms with Crippen molar-refractivity contribution < 1.29 is 14.6 Å². The van der Waals surface area contributed by atoms with Gasteiger partial charge in [-0.2, -0.15) is 0 Å². The molecule has 0 aromatic rings. The molecule has 1 aliphatic rings. The van der Waals surface area contributed by atoms with Crippen molar-refractivity contribution in [2.45, 2.75) is 25.3 Å². The van der Waals surface area contributed by atoms with Crippen molar-refractivity contribution in [2.75, 3.05) is 40.4 Å². The van der Waals surface area contributed by atoms with Crippen LogP contribution in [0.15, 0.2) is 0 Å². The number of piperidine rings is 1. The normalized spacial score (nSPS) is 25.5. The summed E-state index contributed by atoms with van der Waals surface area (Å²) in [6, 6.07) is 0. The van der Waals surface area contributed by atoms with E-state index >= 15 is 0 Å². The van der Waals surface area contributed by atoms with Gasteiger partial charge in [0.15, 0.2) is 0 Å². The number of carboxylic acids is 1. The summed E-state index contributed by atoms with van der Waals surface area (Å²) in [5.74, 6) is -0.270. The molecule has 0 amide bonds. The summed E-state index contributed by atoms with van der Waals surface area (Å²) in [6.45, 7) is 4.59. The first-order valence-corrected chi connectivity index (χ1v) is 6.16. The van der Waals surface area contributed by atoms with E-state index in [0.29, 0.717) is 5.92 Å². The van der Waals surface area contributed by atoms with Gasteiger partial charge >= 0.3 is 5.97 Å². The van der Waals surface area contributed by atoms with E-state index in [0.717, 1.165) is 26.1 Å². The molecule has 5 heteroatoms. The number of carboxylic acid groups (broad SMARTS) is 1. The van der Waals surface area contributed by atoms with E-state index in [1.807, 2.05) is 11.9 Å². The summed E-state index contributed by atoms with van der Waals surface area (Å²) < 4.78 is 5.08. The highest BCUT2D eigenvalue weighted by atomic mass is 16.5. The van der Waals surface area contributed by atoms with E-state index in [1.54, 1.807) is 14.0 Å². The van der Waals surface area contributed by atoms with Crippen LogP contribution in [-0.4, -0.2) is 61.9 Å². The zero-order valence-electron chi connectivity index (χ0n) is 11.0. The molecule has 100 valence electrons. The van der Waals surface area contributed by atoms with Crippen LogP contribution in [0.5, 0.6) is 0 Å². The third-order valence-corrected chi connectivity index (χ3v) is 3.60. The summed E-state index contributed by atoms with van der Waals surface area (Å²) >= 11 is 0. The lowest BCUT2D eigenvalue weighted by Crippen LogP contribution is -2.59. The van der Waals surface area contributed by atoms with Crippen molar-refractivity contribution in [3.8, 4) is 0 Å². The molecule has 2 N–H and O–H groups in total. The fourth-order valence-corrected chi connectivity index (χ4v) is 2.54. The molecule has 1 fully saturated rings. The molecular formula is C12H24N2O3. The first-order valence-electron chi connectivity index (χ1n) is 6.16. The molecule has 1 saturated heterocycles. The number of likely N-dealkylation sites (tertiary alicyclic amines) is 1. The maximum atomic E-state index is 11.4. The van der Waals surface area contributed by atoms with Crippen molar-refractivity contribution in [1.29, 1.82) is 0 Å². The quantitative estimate of drug-likeness (QED) is 0.708. The largest absolute Gasteiger partial charge is 0.480 e. The van der Waals surface area contributed by atoms with Gasteiger partial charge in [0, 0.05) is 13.7 Å². The van der Waals surface area contributed by atoms with Crippen LogP contribution in [0.3, 0.4) is 0 Å². The fraction of sp³-hybridized carbons (Fsp3) is 0.917. The van der Waals surface area contributed by atoms with Gasteiger partial charge in [0.25, 0.3) is 0 Å². The van der Waals surface area contributed by atoms with Gasteiger partial charge < -0.3 is 15.2 Å². The molecule has 1 rings (SSSR count). The van der Waals surface area contributed by atoms with Gasteiger partial charge in [0.1, 0.15) is 5.54 Å². The van der Waals surface area contributed by atoms with Crippen LogP contribution in [0, 0.1) is 5.92 Å². The molecule has 5 nitrogen and oxygen atoms in total. The Labute approximate surface area is 103 Å². The number of methoxy groups -OCH3 is 1. The SMILES string of the molecule is CNCC1CCCN(C(C)(COC)C(=O)O)C1. The Kier molecular flexibility index (Phi) is 5.36. The highest BCUT2D eigenvalue weighted by Crippen LogP contribution is 2.24. The van der Waals surface area contributed by atoms with E-state index in [9.17, 15) is 9.90 Å². The van der Waals surface area contributed by atoms with Gasteiger partial charge in [-0.25, -0.2) is 0 Å². The minimum Gasteiger partial charge on any atom is -0.480 e. The molecule has 0 aromatic carbocycles. The number of hydrogen-bond acceptors (Lipinski definition) is 4. The Hall–Kier alpha value is -0.650. The lowest BCUT2D eigenvalue weighted by atomic mass is 9.91. The topological polar surface area (TPSA) is 61.8 Å². The van der Waals surface area contributed by atoms with Crippen LogP contribution in [-0.2, 0) is 9.53 Å². The number of nitrogens with zero attached hydrogens (tertiary/aromatic N) is 1. The zero-order valence-corrected chi connectivity index (χ0v) is 11.0. The maximum Gasteiger partial charge on any atom is 0.326 e. The predicted molar refractivity (Wildman–Crippen MR) is 66.1 cm³/mol. The van der Waals surface area contributed by atoms with E-state index in [1.165, 1.54) is 6.42 Å². The smallest absolute Gasteiger partial charge is 0.326 e. The lowest BCUT2D eigenvalue weighted by molar-refractivity contribution is -0.155. The van der Waals surface area contributed by atoms with Crippen LogP contribution in [0.25, 0.3) is 0 Å². The number of nitrogens with one attached hydrogen (secondary N) is 1. The summed E-state index contributed by atoms with van der Waals surface area (Å²) in [5, 5.41) is 12.6. The number of rotatable bonds is 6. The van der Waals surface area contributed by atoms with Gasteiger partial charge in [-0.15, -0.1) is 0 Å². The summed E-state index contributed by atoms with van der Waals surface area (Å²) in [6.07, 6.45) is 2.22. The molecule has 0 aliphatic carbocycles. The second-order valence-corrected chi connectivity index (χ2v) is 5.02. The first-order chi connectivity index (χ1) is 8.04. The molecule has 17 heavy (non-hydrogen) atoms. The highest BCUT2D eigenvalue weighted by Gasteiger charge is 2.41. The average molecular weight is 244 g/mol. The maximum absolute atomic E-state index is 11.4. The van der Waals surface area contributed by atoms with E-state index < -0.39 is 11.5 Å². The van der Waals surface area contributed by atoms with Gasteiger partial charge in [0.05, 0.1) is 6.61 Å². The molecule has 0 aromatic heterocycles. The second-order valence-electron chi connectivity index (χ2n) is 5.02. The third-order valence-electron chi connectivity index (χ3n) is 3.60. The van der Waals surface area contributed by atoms with E-state index in [2.05, 4.69) is 5.32 Å². The van der Waals surface area contributed by atoms with Crippen molar-refractivity contribution >= 4 is 5.97 Å². The molecule has 0 saturated carbocycles. The molecule has 2 atom stereocenters. The lowest BCUT2D eigenvalue weighted by Gasteiger charge is -2.42. The van der Waals surface area contributed by atoms with Crippen LogP contribution < -0.4 is 5.32 Å². The Morgan fingerprint density at radius 1 is 1.65 bits per heavy atom. The summed E-state index contributed by atoms with van der Waals surface area (Å²) in [5.41, 5.74) is -0.902. The van der Waals surface area contributed by atoms with Gasteiger partial charge in [0.2, 0.25) is 0 Å². The van der Waals surface area contributed by atoms with Crippen LogP contribution >= 0.6 is 0 Å². The van der Waals surface area contributed by atoms with Gasteiger partial charge in [-0.05, 0) is 45.8 Å². The molecule has 0 bridgehead atoms. The average Bonchev–Trinajstić information content (AvgIpc) is 2.30. The monoisotopic (exact) mass is 244 g/mol. The van der Waals surface area contributed by atoms with Gasteiger partial charge in [-0.3, -0.25) is 9.69 Å². The number of ether oxygens (including phenoxy) is 1. The zero-order chi connectivity index (χ0) is 12.9. The van der Waals surface area contributed by atoms with Crippen molar-refractivity contribution in [1.82, 2.24) is 10.2 Å². The molecule has 0 radical (unpaired) electrons. The fourth-order valence-electron chi connectivity index (χ4n) is 2.54. The molecule has 1 aliphatic heterocycles. The molecular weight excluding hydrogens is 220 g/mol. The van der Waals surface area contributed by atoms with Crippen molar-refractivity contribution in [3.63, 3.8) is 0 Å². The Balaban J connectivity index is 2.70. The van der Waals surface area contributed by atoms with E-state index in [-0.39, 0.29) is 6.61 Å². The molecule has 1 heterocycles. The third kappa shape index (κ3) is 3.40. The standard InChI is InChI=1S/C12H24N2O3/c1-12(9-17-3,11(15)16)14-6-4-5-10(8-14)7-13-2/h10,13H,4-9H2,1-3H3,(H,15,16). The Bertz CT molecular complexity index is 258. The number of hydrogen-bond donors (Lipinski definition) is 2. The summed E-state index contributed by atoms with van der Waals surface area (Å²) in [4.78, 5) is 13.5.